The number of carboxylic acid groups (broad SMARTS) is 1. The fourth-order valence-electron chi connectivity index (χ4n) is 1.95. The van der Waals surface area contributed by atoms with Gasteiger partial charge in [-0.2, -0.15) is 0 Å². The van der Waals surface area contributed by atoms with Crippen LogP contribution in [0.2, 0.25) is 0 Å². The largest absolute Gasteiger partial charge is 0.478 e. The first-order chi connectivity index (χ1) is 9.49. The molecule has 1 unspecified atom stereocenters. The first-order valence-corrected chi connectivity index (χ1v) is 6.82. The van der Waals surface area contributed by atoms with Gasteiger partial charge in [0.15, 0.2) is 0 Å². The molecule has 0 spiro atoms. The third-order valence-electron chi connectivity index (χ3n) is 2.95. The van der Waals surface area contributed by atoms with Gasteiger partial charge in [-0.3, -0.25) is 0 Å². The minimum atomic E-state index is -1.29. The molecule has 20 heavy (non-hydrogen) atoms. The summed E-state index contributed by atoms with van der Waals surface area (Å²) < 4.78 is 14.5. The van der Waals surface area contributed by atoms with Crippen LogP contribution in [0.25, 0.3) is 0 Å². The monoisotopic (exact) mass is 337 g/mol. The number of carboxylic acids is 1. The molecule has 0 saturated carbocycles. The van der Waals surface area contributed by atoms with Gasteiger partial charge in [0.2, 0.25) is 0 Å². The molecule has 2 aromatic carbocycles. The summed E-state index contributed by atoms with van der Waals surface area (Å²) in [5.41, 5.74) is 0.902. The highest BCUT2D eigenvalue weighted by molar-refractivity contribution is 9.10. The maximum atomic E-state index is 13.6. The predicted molar refractivity (Wildman–Crippen MR) is 79.5 cm³/mol. The molecular formula is C15H13BrFNO2. The zero-order chi connectivity index (χ0) is 14.7. The summed E-state index contributed by atoms with van der Waals surface area (Å²) in [6.45, 7) is 1.89. The van der Waals surface area contributed by atoms with Gasteiger partial charge in [-0.1, -0.05) is 34.1 Å². The lowest BCUT2D eigenvalue weighted by Gasteiger charge is -2.17. The molecule has 104 valence electrons. The SMILES string of the molecule is CC(Nc1cccc(F)c1C(=O)O)c1cccc(Br)c1. The van der Waals surface area contributed by atoms with Crippen LogP contribution in [0.1, 0.15) is 28.9 Å². The van der Waals surface area contributed by atoms with E-state index in [4.69, 9.17) is 5.11 Å². The number of aromatic carboxylic acids is 1. The Morgan fingerprint density at radius 3 is 2.65 bits per heavy atom. The van der Waals surface area contributed by atoms with Crippen molar-refractivity contribution in [3.63, 3.8) is 0 Å². The summed E-state index contributed by atoms with van der Waals surface area (Å²) >= 11 is 3.38. The van der Waals surface area contributed by atoms with Crippen molar-refractivity contribution in [3.05, 3.63) is 63.9 Å². The van der Waals surface area contributed by atoms with Crippen molar-refractivity contribution in [2.24, 2.45) is 0 Å². The quantitative estimate of drug-likeness (QED) is 0.865. The first kappa shape index (κ1) is 14.5. The molecule has 0 radical (unpaired) electrons. The van der Waals surface area contributed by atoms with E-state index >= 15 is 0 Å². The van der Waals surface area contributed by atoms with Crippen LogP contribution in [0, 0.1) is 5.82 Å². The Hall–Kier alpha value is -1.88. The van der Waals surface area contributed by atoms with Gasteiger partial charge >= 0.3 is 5.97 Å². The summed E-state index contributed by atoms with van der Waals surface area (Å²) in [5, 5.41) is 12.1. The van der Waals surface area contributed by atoms with Crippen LogP contribution in [0.15, 0.2) is 46.9 Å². The van der Waals surface area contributed by atoms with Gasteiger partial charge in [-0.25, -0.2) is 9.18 Å². The van der Waals surface area contributed by atoms with E-state index in [2.05, 4.69) is 21.2 Å². The topological polar surface area (TPSA) is 49.3 Å². The highest BCUT2D eigenvalue weighted by atomic mass is 79.9. The normalized spacial score (nSPS) is 11.9. The highest BCUT2D eigenvalue weighted by Gasteiger charge is 2.17. The second-order valence-corrected chi connectivity index (χ2v) is 5.30. The third-order valence-corrected chi connectivity index (χ3v) is 3.44. The Balaban J connectivity index is 2.30. The summed E-state index contributed by atoms with van der Waals surface area (Å²) in [6, 6.07) is 11.7. The van der Waals surface area contributed by atoms with Crippen LogP contribution in [0.3, 0.4) is 0 Å². The molecule has 3 nitrogen and oxygen atoms in total. The fourth-order valence-corrected chi connectivity index (χ4v) is 2.37. The van der Waals surface area contributed by atoms with Gasteiger partial charge in [0, 0.05) is 10.5 Å². The van der Waals surface area contributed by atoms with E-state index in [1.54, 1.807) is 6.07 Å². The lowest BCUT2D eigenvalue weighted by Crippen LogP contribution is -2.12. The maximum Gasteiger partial charge on any atom is 0.340 e. The van der Waals surface area contributed by atoms with Crippen molar-refractivity contribution in [1.82, 2.24) is 0 Å². The van der Waals surface area contributed by atoms with E-state index in [9.17, 15) is 9.18 Å². The molecule has 0 aliphatic carbocycles. The van der Waals surface area contributed by atoms with Crippen molar-refractivity contribution in [2.45, 2.75) is 13.0 Å². The number of carbonyl (C=O) groups is 1. The number of nitrogens with one attached hydrogen (secondary N) is 1. The average Bonchev–Trinajstić information content (AvgIpc) is 2.38. The van der Waals surface area contributed by atoms with Gasteiger partial charge in [-0.15, -0.1) is 0 Å². The van der Waals surface area contributed by atoms with Gasteiger partial charge in [0.1, 0.15) is 11.4 Å². The van der Waals surface area contributed by atoms with Crippen molar-refractivity contribution in [1.29, 1.82) is 0 Å². The molecule has 5 heteroatoms. The third kappa shape index (κ3) is 3.17. The molecular weight excluding hydrogens is 325 g/mol. The maximum absolute atomic E-state index is 13.6. The molecule has 0 bridgehead atoms. The average molecular weight is 338 g/mol. The number of hydrogen-bond donors (Lipinski definition) is 2. The molecule has 0 aromatic heterocycles. The van der Waals surface area contributed by atoms with Crippen LogP contribution >= 0.6 is 15.9 Å². The van der Waals surface area contributed by atoms with Crippen LogP contribution < -0.4 is 5.32 Å². The van der Waals surface area contributed by atoms with E-state index < -0.39 is 11.8 Å². The summed E-state index contributed by atoms with van der Waals surface area (Å²) in [5.74, 6) is -2.03. The Morgan fingerprint density at radius 2 is 2.00 bits per heavy atom. The van der Waals surface area contributed by atoms with E-state index in [-0.39, 0.29) is 17.3 Å². The van der Waals surface area contributed by atoms with Crippen molar-refractivity contribution < 1.29 is 14.3 Å². The number of rotatable bonds is 4. The lowest BCUT2D eigenvalue weighted by atomic mass is 10.1. The zero-order valence-electron chi connectivity index (χ0n) is 10.7. The molecule has 2 N–H and O–H groups in total. The summed E-state index contributed by atoms with van der Waals surface area (Å²) in [4.78, 5) is 11.1. The molecule has 0 fully saturated rings. The number of hydrogen-bond acceptors (Lipinski definition) is 2. The first-order valence-electron chi connectivity index (χ1n) is 6.03. The second kappa shape index (κ2) is 6.05. The standard InChI is InChI=1S/C15H13BrFNO2/c1-9(10-4-2-5-11(16)8-10)18-13-7-3-6-12(17)14(13)15(19)20/h2-9,18H,1H3,(H,19,20). The van der Waals surface area contributed by atoms with Gasteiger partial charge in [-0.05, 0) is 36.8 Å². The highest BCUT2D eigenvalue weighted by Crippen LogP contribution is 2.25. The molecule has 0 amide bonds. The van der Waals surface area contributed by atoms with E-state index in [1.165, 1.54) is 6.07 Å². The summed E-state index contributed by atoms with van der Waals surface area (Å²) in [6.07, 6.45) is 0. The molecule has 0 saturated heterocycles. The van der Waals surface area contributed by atoms with Crippen molar-refractivity contribution in [3.8, 4) is 0 Å². The van der Waals surface area contributed by atoms with E-state index in [0.29, 0.717) is 0 Å². The van der Waals surface area contributed by atoms with Crippen LogP contribution in [-0.2, 0) is 0 Å². The van der Waals surface area contributed by atoms with Crippen LogP contribution in [-0.4, -0.2) is 11.1 Å². The van der Waals surface area contributed by atoms with Crippen LogP contribution in [0.5, 0.6) is 0 Å². The second-order valence-electron chi connectivity index (χ2n) is 4.39. The molecule has 0 aliphatic heterocycles. The smallest absolute Gasteiger partial charge is 0.340 e. The molecule has 0 aliphatic rings. The van der Waals surface area contributed by atoms with Crippen LogP contribution in [0.4, 0.5) is 10.1 Å². The zero-order valence-corrected chi connectivity index (χ0v) is 12.3. The number of benzene rings is 2. The molecule has 2 rings (SSSR count). The molecule has 2 aromatic rings. The van der Waals surface area contributed by atoms with E-state index in [0.717, 1.165) is 16.1 Å². The summed E-state index contributed by atoms with van der Waals surface area (Å²) in [7, 11) is 0. The molecule has 1 atom stereocenters. The minimum Gasteiger partial charge on any atom is -0.478 e. The Bertz CT molecular complexity index is 646. The predicted octanol–water partition coefficient (Wildman–Crippen LogP) is 4.46. The van der Waals surface area contributed by atoms with Crippen molar-refractivity contribution in [2.75, 3.05) is 5.32 Å². The lowest BCUT2D eigenvalue weighted by molar-refractivity contribution is 0.0693. The van der Waals surface area contributed by atoms with E-state index in [1.807, 2.05) is 31.2 Å². The Morgan fingerprint density at radius 1 is 1.30 bits per heavy atom. The minimum absolute atomic E-state index is 0.146. The van der Waals surface area contributed by atoms with Crippen molar-refractivity contribution >= 4 is 27.6 Å². The Labute approximate surface area is 124 Å². The van der Waals surface area contributed by atoms with Gasteiger partial charge in [0.25, 0.3) is 0 Å². The fraction of sp³-hybridized carbons (Fsp3) is 0.133. The molecule has 0 heterocycles. The number of anilines is 1. The van der Waals surface area contributed by atoms with Gasteiger partial charge < -0.3 is 10.4 Å². The Kier molecular flexibility index (Phi) is 4.39. The number of halogens is 2. The van der Waals surface area contributed by atoms with Gasteiger partial charge in [0.05, 0.1) is 5.69 Å².